The molecule has 1 unspecified atom stereocenters. The maximum absolute atomic E-state index is 5.70. The minimum Gasteiger partial charge on any atom is -0.496 e. The van der Waals surface area contributed by atoms with Gasteiger partial charge in [-0.3, -0.25) is 0 Å². The molecule has 4 aromatic rings. The Kier molecular flexibility index (Phi) is 4.17. The number of aromatic nitrogens is 3. The molecule has 130 valence electrons. The van der Waals surface area contributed by atoms with Crippen molar-refractivity contribution in [1.29, 1.82) is 0 Å². The lowest BCUT2D eigenvalue weighted by atomic mass is 9.99. The van der Waals surface area contributed by atoms with Crippen molar-refractivity contribution in [3.63, 3.8) is 0 Å². The van der Waals surface area contributed by atoms with Gasteiger partial charge in [0, 0.05) is 0 Å². The summed E-state index contributed by atoms with van der Waals surface area (Å²) in [5.74, 6) is 0.829. The third kappa shape index (κ3) is 2.64. The van der Waals surface area contributed by atoms with Gasteiger partial charge in [0.25, 0.3) is 0 Å². The largest absolute Gasteiger partial charge is 0.496 e. The lowest BCUT2D eigenvalue weighted by molar-refractivity contribution is 0.416. The number of methoxy groups -OCH3 is 1. The van der Waals surface area contributed by atoms with Crippen molar-refractivity contribution in [3.05, 3.63) is 78.0 Å². The molecule has 0 spiro atoms. The Balaban J connectivity index is 1.98. The summed E-state index contributed by atoms with van der Waals surface area (Å²) in [5.41, 5.74) is 4.12. The smallest absolute Gasteiger partial charge is 0.128 e. The van der Waals surface area contributed by atoms with Gasteiger partial charge in [0.2, 0.25) is 0 Å². The summed E-state index contributed by atoms with van der Waals surface area (Å²) in [4.78, 5) is 0. The Morgan fingerprint density at radius 3 is 2.42 bits per heavy atom. The van der Waals surface area contributed by atoms with E-state index in [2.05, 4.69) is 53.6 Å². The molecule has 0 bridgehead atoms. The monoisotopic (exact) mass is 343 g/mol. The van der Waals surface area contributed by atoms with Crippen LogP contribution in [0.2, 0.25) is 0 Å². The highest BCUT2D eigenvalue weighted by molar-refractivity contribution is 5.99. The van der Waals surface area contributed by atoms with Crippen molar-refractivity contribution in [2.24, 2.45) is 0 Å². The van der Waals surface area contributed by atoms with Gasteiger partial charge >= 0.3 is 0 Å². The number of benzene rings is 3. The first-order chi connectivity index (χ1) is 12.7. The molecule has 0 fully saturated rings. The van der Waals surface area contributed by atoms with E-state index in [4.69, 9.17) is 4.74 Å². The molecule has 4 heteroatoms. The van der Waals surface area contributed by atoms with Crippen LogP contribution in [0.15, 0.2) is 66.7 Å². The van der Waals surface area contributed by atoms with Gasteiger partial charge in [-0.15, -0.1) is 5.10 Å². The predicted molar refractivity (Wildman–Crippen MR) is 105 cm³/mol. The molecule has 0 aliphatic heterocycles. The lowest BCUT2D eigenvalue weighted by Crippen LogP contribution is -2.11. The minimum absolute atomic E-state index is 0.0658. The van der Waals surface area contributed by atoms with Gasteiger partial charge in [0.1, 0.15) is 5.75 Å². The topological polar surface area (TPSA) is 39.9 Å². The standard InChI is InChI=1S/C22H21N3O/c1-15-22(25(24-23-15)16(2)17-9-5-4-6-10-17)21-19-12-8-7-11-18(19)13-14-20(21)26-3/h4-14,16H,1-3H3. The summed E-state index contributed by atoms with van der Waals surface area (Å²) >= 11 is 0. The van der Waals surface area contributed by atoms with Gasteiger partial charge in [-0.1, -0.05) is 65.9 Å². The Hall–Kier alpha value is -3.14. The van der Waals surface area contributed by atoms with Crippen LogP contribution in [0.5, 0.6) is 5.75 Å². The molecule has 26 heavy (non-hydrogen) atoms. The highest BCUT2D eigenvalue weighted by Crippen LogP contribution is 2.39. The predicted octanol–water partition coefficient (Wildman–Crippen LogP) is 5.02. The van der Waals surface area contributed by atoms with E-state index in [0.717, 1.165) is 28.1 Å². The number of nitrogens with zero attached hydrogens (tertiary/aromatic N) is 3. The molecule has 0 aliphatic rings. The van der Waals surface area contributed by atoms with Crippen LogP contribution in [0.4, 0.5) is 0 Å². The van der Waals surface area contributed by atoms with Gasteiger partial charge in [0.05, 0.1) is 30.1 Å². The molecule has 4 rings (SSSR count). The third-order valence-electron chi connectivity index (χ3n) is 4.86. The van der Waals surface area contributed by atoms with Gasteiger partial charge in [-0.25, -0.2) is 4.68 Å². The first-order valence-corrected chi connectivity index (χ1v) is 8.73. The van der Waals surface area contributed by atoms with E-state index in [1.54, 1.807) is 7.11 Å². The van der Waals surface area contributed by atoms with E-state index < -0.39 is 0 Å². The summed E-state index contributed by atoms with van der Waals surface area (Å²) < 4.78 is 7.70. The van der Waals surface area contributed by atoms with Crippen LogP contribution in [0.1, 0.15) is 24.2 Å². The molecule has 0 saturated carbocycles. The van der Waals surface area contributed by atoms with Gasteiger partial charge < -0.3 is 4.74 Å². The number of rotatable bonds is 4. The molecule has 0 radical (unpaired) electrons. The van der Waals surface area contributed by atoms with E-state index in [1.165, 1.54) is 10.9 Å². The zero-order valence-corrected chi connectivity index (χ0v) is 15.2. The van der Waals surface area contributed by atoms with Crippen LogP contribution < -0.4 is 4.74 Å². The van der Waals surface area contributed by atoms with Crippen LogP contribution in [-0.4, -0.2) is 22.1 Å². The highest BCUT2D eigenvalue weighted by atomic mass is 16.5. The average Bonchev–Trinajstić information content (AvgIpc) is 3.08. The maximum Gasteiger partial charge on any atom is 0.128 e. The Morgan fingerprint density at radius 2 is 1.65 bits per heavy atom. The molecule has 1 atom stereocenters. The number of aryl methyl sites for hydroxylation is 1. The zero-order valence-electron chi connectivity index (χ0n) is 15.2. The summed E-state index contributed by atoms with van der Waals surface area (Å²) in [6.45, 7) is 4.14. The molecule has 0 aliphatic carbocycles. The molecule has 0 saturated heterocycles. The molecule has 1 heterocycles. The molecule has 0 amide bonds. The van der Waals surface area contributed by atoms with E-state index in [1.807, 2.05) is 41.9 Å². The molecule has 3 aromatic carbocycles. The van der Waals surface area contributed by atoms with Crippen LogP contribution in [0.25, 0.3) is 22.0 Å². The van der Waals surface area contributed by atoms with Crippen molar-refractivity contribution >= 4 is 10.8 Å². The van der Waals surface area contributed by atoms with Gasteiger partial charge in [-0.2, -0.15) is 0 Å². The van der Waals surface area contributed by atoms with Crippen molar-refractivity contribution in [2.75, 3.05) is 7.11 Å². The number of fused-ring (bicyclic) bond motifs is 1. The first-order valence-electron chi connectivity index (χ1n) is 8.73. The first kappa shape index (κ1) is 16.3. The van der Waals surface area contributed by atoms with Gasteiger partial charge in [-0.05, 0) is 36.2 Å². The molecule has 1 aromatic heterocycles. The van der Waals surface area contributed by atoms with E-state index >= 15 is 0 Å². The Morgan fingerprint density at radius 1 is 0.923 bits per heavy atom. The number of hydrogen-bond donors (Lipinski definition) is 0. The van der Waals surface area contributed by atoms with Crippen molar-refractivity contribution in [2.45, 2.75) is 19.9 Å². The fourth-order valence-corrected chi connectivity index (χ4v) is 3.48. The van der Waals surface area contributed by atoms with Crippen molar-refractivity contribution in [1.82, 2.24) is 15.0 Å². The average molecular weight is 343 g/mol. The maximum atomic E-state index is 5.70. The lowest BCUT2D eigenvalue weighted by Gasteiger charge is -2.18. The van der Waals surface area contributed by atoms with Crippen LogP contribution >= 0.6 is 0 Å². The van der Waals surface area contributed by atoms with Crippen molar-refractivity contribution < 1.29 is 4.74 Å². The van der Waals surface area contributed by atoms with Crippen molar-refractivity contribution in [3.8, 4) is 17.0 Å². The molecular weight excluding hydrogens is 322 g/mol. The Labute approximate surface area is 153 Å². The van der Waals surface area contributed by atoms with Gasteiger partial charge in [0.15, 0.2) is 0 Å². The van der Waals surface area contributed by atoms with Crippen LogP contribution in [0, 0.1) is 6.92 Å². The third-order valence-corrected chi connectivity index (χ3v) is 4.86. The summed E-state index contributed by atoms with van der Waals surface area (Å²) in [5, 5.41) is 11.1. The molecular formula is C22H21N3O. The number of hydrogen-bond acceptors (Lipinski definition) is 3. The quantitative estimate of drug-likeness (QED) is 0.522. The van der Waals surface area contributed by atoms with E-state index in [0.29, 0.717) is 0 Å². The second-order valence-electron chi connectivity index (χ2n) is 6.42. The number of ether oxygens (including phenoxy) is 1. The zero-order chi connectivity index (χ0) is 18.1. The molecule has 0 N–H and O–H groups in total. The second kappa shape index (κ2) is 6.64. The summed E-state index contributed by atoms with van der Waals surface area (Å²) in [6, 6.07) is 22.9. The highest BCUT2D eigenvalue weighted by Gasteiger charge is 2.22. The molecule has 4 nitrogen and oxygen atoms in total. The summed E-state index contributed by atoms with van der Waals surface area (Å²) in [6.07, 6.45) is 0. The fraction of sp³-hybridized carbons (Fsp3) is 0.182. The van der Waals surface area contributed by atoms with Crippen LogP contribution in [-0.2, 0) is 0 Å². The Bertz CT molecular complexity index is 1050. The van der Waals surface area contributed by atoms with E-state index in [-0.39, 0.29) is 6.04 Å². The minimum atomic E-state index is 0.0658. The van der Waals surface area contributed by atoms with Crippen LogP contribution in [0.3, 0.4) is 0 Å². The second-order valence-corrected chi connectivity index (χ2v) is 6.42. The van der Waals surface area contributed by atoms with E-state index in [9.17, 15) is 0 Å². The SMILES string of the molecule is COc1ccc2ccccc2c1-c1c(C)nnn1C(C)c1ccccc1. The fourth-order valence-electron chi connectivity index (χ4n) is 3.48. The summed E-state index contributed by atoms with van der Waals surface area (Å²) in [7, 11) is 1.71. The normalized spacial score (nSPS) is 12.3.